The minimum Gasteiger partial charge on any atom is -0.310 e. The fourth-order valence-corrected chi connectivity index (χ4v) is 15.5. The molecule has 0 saturated heterocycles. The Kier molecular flexibility index (Phi) is 12.5. The lowest BCUT2D eigenvalue weighted by atomic mass is 9.70. The van der Waals surface area contributed by atoms with Crippen molar-refractivity contribution in [3.63, 3.8) is 0 Å². The molecule has 0 N–H and O–H groups in total. The van der Waals surface area contributed by atoms with Crippen molar-refractivity contribution in [3.05, 3.63) is 380 Å². The molecule has 1 spiro atoms. The molecule has 16 aromatic carbocycles. The lowest BCUT2D eigenvalue weighted by molar-refractivity contribution is 0.793. The summed E-state index contributed by atoms with van der Waals surface area (Å²) in [4.78, 5) is 7.54. The summed E-state index contributed by atoms with van der Waals surface area (Å²) in [5.41, 5.74) is 23.7. The highest BCUT2D eigenvalue weighted by atomic mass is 15.2. The van der Waals surface area contributed by atoms with Crippen LogP contribution in [0.5, 0.6) is 0 Å². The van der Waals surface area contributed by atoms with Gasteiger partial charge in [0.1, 0.15) is 0 Å². The fourth-order valence-electron chi connectivity index (χ4n) is 15.5. The number of fused-ring (bicyclic) bond motifs is 14. The molecule has 0 fully saturated rings. The SMILES string of the molecule is c1ccc(-c2ccc(N(c3cccc(N(c4ccccc4)c4c5ccccc5c(-c5ccc6ccccc6c5)c5ccccc45)c3)c3cccc4c3C3(c5ccccc5-c5ccccc53)c3ccccc3-4)cc2N(c2ccccc2)c2ccc3ccccc3c2)cc1. The predicted molar refractivity (Wildman–Crippen MR) is 388 cm³/mol. The molecule has 430 valence electrons. The van der Waals surface area contributed by atoms with Crippen molar-refractivity contribution in [2.24, 2.45) is 0 Å². The van der Waals surface area contributed by atoms with Crippen LogP contribution >= 0.6 is 0 Å². The van der Waals surface area contributed by atoms with E-state index in [2.05, 4.69) is 373 Å². The van der Waals surface area contributed by atoms with Crippen molar-refractivity contribution in [2.75, 3.05) is 14.7 Å². The Morgan fingerprint density at radius 1 is 0.207 bits per heavy atom. The van der Waals surface area contributed by atoms with Gasteiger partial charge in [-0.15, -0.1) is 0 Å². The molecule has 0 heterocycles. The highest BCUT2D eigenvalue weighted by molar-refractivity contribution is 6.23. The molecule has 0 saturated carbocycles. The Hall–Kier alpha value is -12.0. The van der Waals surface area contributed by atoms with Crippen molar-refractivity contribution < 1.29 is 0 Å². The zero-order valence-corrected chi connectivity index (χ0v) is 50.4. The van der Waals surface area contributed by atoms with Gasteiger partial charge in [0.25, 0.3) is 0 Å². The summed E-state index contributed by atoms with van der Waals surface area (Å²) < 4.78 is 0. The molecular formula is C89H59N3. The molecule has 0 aromatic heterocycles. The van der Waals surface area contributed by atoms with Crippen LogP contribution in [0.25, 0.3) is 87.6 Å². The Balaban J connectivity index is 0.929. The first-order valence-electron chi connectivity index (χ1n) is 31.8. The van der Waals surface area contributed by atoms with Crippen LogP contribution in [0.4, 0.5) is 51.2 Å². The Morgan fingerprint density at radius 3 is 1.24 bits per heavy atom. The van der Waals surface area contributed by atoms with Crippen LogP contribution in [-0.4, -0.2) is 0 Å². The van der Waals surface area contributed by atoms with E-state index in [-0.39, 0.29) is 0 Å². The average Bonchev–Trinajstić information content (AvgIpc) is 1.50. The van der Waals surface area contributed by atoms with Crippen molar-refractivity contribution in [2.45, 2.75) is 5.41 Å². The van der Waals surface area contributed by atoms with Crippen LogP contribution in [0.2, 0.25) is 0 Å². The van der Waals surface area contributed by atoms with Crippen LogP contribution in [-0.2, 0) is 5.41 Å². The lowest BCUT2D eigenvalue weighted by Gasteiger charge is -2.37. The van der Waals surface area contributed by atoms with Gasteiger partial charge in [-0.1, -0.05) is 279 Å². The van der Waals surface area contributed by atoms with Gasteiger partial charge >= 0.3 is 0 Å². The van der Waals surface area contributed by atoms with Gasteiger partial charge in [-0.25, -0.2) is 0 Å². The monoisotopic (exact) mass is 1170 g/mol. The van der Waals surface area contributed by atoms with Gasteiger partial charge in [-0.3, -0.25) is 0 Å². The average molecular weight is 1170 g/mol. The third-order valence-corrected chi connectivity index (χ3v) is 19.3. The van der Waals surface area contributed by atoms with E-state index in [1.54, 1.807) is 0 Å². The maximum Gasteiger partial charge on any atom is 0.0746 e. The lowest BCUT2D eigenvalue weighted by Crippen LogP contribution is -2.28. The smallest absolute Gasteiger partial charge is 0.0746 e. The molecule has 0 aliphatic heterocycles. The first kappa shape index (κ1) is 53.0. The van der Waals surface area contributed by atoms with E-state index in [0.717, 1.165) is 73.1 Å². The van der Waals surface area contributed by atoms with Crippen LogP contribution in [0.1, 0.15) is 22.3 Å². The number of rotatable bonds is 11. The van der Waals surface area contributed by atoms with E-state index in [9.17, 15) is 0 Å². The van der Waals surface area contributed by atoms with Gasteiger partial charge in [-0.05, 0) is 167 Å². The van der Waals surface area contributed by atoms with Gasteiger partial charge < -0.3 is 14.7 Å². The Labute approximate surface area is 535 Å². The number of benzene rings is 16. The molecule has 0 unspecified atom stereocenters. The molecule has 0 atom stereocenters. The highest BCUT2D eigenvalue weighted by Gasteiger charge is 2.53. The molecule has 0 radical (unpaired) electrons. The van der Waals surface area contributed by atoms with Crippen LogP contribution in [0, 0.1) is 0 Å². The highest BCUT2D eigenvalue weighted by Crippen LogP contribution is 2.66. The summed E-state index contributed by atoms with van der Waals surface area (Å²) in [7, 11) is 0. The van der Waals surface area contributed by atoms with Gasteiger partial charge in [0, 0.05) is 56.0 Å². The Morgan fingerprint density at radius 2 is 0.620 bits per heavy atom. The predicted octanol–water partition coefficient (Wildman–Crippen LogP) is 24.4. The first-order chi connectivity index (χ1) is 45.7. The summed E-state index contributed by atoms with van der Waals surface area (Å²) in [5, 5.41) is 9.53. The largest absolute Gasteiger partial charge is 0.310 e. The molecule has 92 heavy (non-hydrogen) atoms. The molecule has 16 aromatic rings. The fraction of sp³-hybridized carbons (Fsp3) is 0.0112. The quantitative estimate of drug-likeness (QED) is 0.120. The minimum absolute atomic E-state index is 0.653. The Bertz CT molecular complexity index is 5440. The zero-order chi connectivity index (χ0) is 60.7. The first-order valence-corrected chi connectivity index (χ1v) is 31.8. The van der Waals surface area contributed by atoms with E-state index < -0.39 is 5.41 Å². The number of anilines is 9. The number of hydrogen-bond donors (Lipinski definition) is 0. The van der Waals surface area contributed by atoms with Crippen LogP contribution in [0.15, 0.2) is 358 Å². The van der Waals surface area contributed by atoms with Crippen molar-refractivity contribution in [1.82, 2.24) is 0 Å². The van der Waals surface area contributed by atoms with Crippen molar-refractivity contribution in [3.8, 4) is 44.5 Å². The number of hydrogen-bond acceptors (Lipinski definition) is 3. The summed E-state index contributed by atoms with van der Waals surface area (Å²) in [5.74, 6) is 0. The van der Waals surface area contributed by atoms with E-state index in [1.807, 2.05) is 0 Å². The molecule has 0 amide bonds. The standard InChI is InChI=1S/C89H59N3/c1-4-28-62(29-5-1)72-55-54-71(59-85(72)90(66-32-6-2-7-33-66)70-53-52-61-27-11-13-31-64(61)57-70)91(84-49-25-45-78-75-40-20-23-48-83(75)89(87(78)84)81-46-21-18-38-73(81)74-39-19-22-47-82(74)89)68-36-24-37-69(58-68)92(67-34-8-3-9-35-67)88-79-43-16-14-41-76(79)86(77-42-15-17-44-80(77)88)65-51-50-60-26-10-12-30-63(60)56-65/h1-59H. The molecule has 18 rings (SSSR count). The second kappa shape index (κ2) is 21.6. The van der Waals surface area contributed by atoms with Crippen molar-refractivity contribution in [1.29, 1.82) is 0 Å². The molecule has 3 nitrogen and oxygen atoms in total. The van der Waals surface area contributed by atoms with Gasteiger partial charge in [0.2, 0.25) is 0 Å². The van der Waals surface area contributed by atoms with Crippen LogP contribution < -0.4 is 14.7 Å². The molecule has 2 aliphatic rings. The second-order valence-electron chi connectivity index (χ2n) is 24.3. The maximum absolute atomic E-state index is 2.57. The molecule has 2 aliphatic carbocycles. The topological polar surface area (TPSA) is 9.72 Å². The zero-order valence-electron chi connectivity index (χ0n) is 50.4. The summed E-state index contributed by atoms with van der Waals surface area (Å²) in [6.07, 6.45) is 0. The third kappa shape index (κ3) is 8.29. The maximum atomic E-state index is 2.57. The van der Waals surface area contributed by atoms with E-state index in [4.69, 9.17) is 0 Å². The summed E-state index contributed by atoms with van der Waals surface area (Å²) >= 11 is 0. The van der Waals surface area contributed by atoms with Crippen molar-refractivity contribution >= 4 is 94.3 Å². The number of nitrogens with zero attached hydrogens (tertiary/aromatic N) is 3. The summed E-state index contributed by atoms with van der Waals surface area (Å²) in [6.45, 7) is 0. The third-order valence-electron chi connectivity index (χ3n) is 19.3. The van der Waals surface area contributed by atoms with E-state index in [0.29, 0.717) is 0 Å². The van der Waals surface area contributed by atoms with Gasteiger partial charge in [0.05, 0.1) is 22.5 Å². The second-order valence-corrected chi connectivity index (χ2v) is 24.3. The minimum atomic E-state index is -0.653. The van der Waals surface area contributed by atoms with E-state index >= 15 is 0 Å². The molecule has 3 heteroatoms. The molecule has 0 bridgehead atoms. The van der Waals surface area contributed by atoms with Crippen LogP contribution in [0.3, 0.4) is 0 Å². The van der Waals surface area contributed by atoms with E-state index in [1.165, 1.54) is 88.0 Å². The summed E-state index contributed by atoms with van der Waals surface area (Å²) in [6, 6.07) is 133. The molecular weight excluding hydrogens is 1110 g/mol. The normalized spacial score (nSPS) is 12.4. The van der Waals surface area contributed by atoms with Gasteiger partial charge in [0.15, 0.2) is 0 Å². The number of para-hydroxylation sites is 2. The van der Waals surface area contributed by atoms with Gasteiger partial charge in [-0.2, -0.15) is 0 Å².